The van der Waals surface area contributed by atoms with Crippen LogP contribution in [0.4, 0.5) is 5.69 Å². The summed E-state index contributed by atoms with van der Waals surface area (Å²) in [4.78, 5) is 30.1. The van der Waals surface area contributed by atoms with Gasteiger partial charge in [-0.25, -0.2) is 9.59 Å². The van der Waals surface area contributed by atoms with Gasteiger partial charge in [-0.1, -0.05) is 12.1 Å². The topological polar surface area (TPSA) is 80.8 Å². The van der Waals surface area contributed by atoms with Crippen molar-refractivity contribution in [3.05, 3.63) is 77.4 Å². The molecule has 1 aliphatic carbocycles. The summed E-state index contributed by atoms with van der Waals surface area (Å²) in [5.74, 6) is 2.33. The molecule has 1 saturated carbocycles. The highest BCUT2D eigenvalue weighted by atomic mass is 16.5. The first kappa shape index (κ1) is 20.4. The Bertz CT molecular complexity index is 1090. The van der Waals surface area contributed by atoms with Gasteiger partial charge in [0, 0.05) is 30.6 Å². The van der Waals surface area contributed by atoms with Crippen molar-refractivity contribution in [3.63, 3.8) is 0 Å². The van der Waals surface area contributed by atoms with Gasteiger partial charge in [-0.2, -0.15) is 0 Å². The minimum Gasteiger partial charge on any atom is -0.497 e. The number of benzene rings is 1. The number of carbonyl (C=O) groups is 1. The van der Waals surface area contributed by atoms with Gasteiger partial charge in [0.1, 0.15) is 17.0 Å². The number of carbonyl (C=O) groups excluding carboxylic acids is 2. The molecule has 0 amide bonds. The van der Waals surface area contributed by atoms with Crippen LogP contribution in [0.5, 0.6) is 5.75 Å². The van der Waals surface area contributed by atoms with E-state index in [0.717, 1.165) is 29.7 Å². The number of hydrogen-bond donors (Lipinski definition) is 1. The molecule has 7 nitrogen and oxygen atoms in total. The molecule has 1 aromatic carbocycles. The maximum absolute atomic E-state index is 12.2. The third-order valence-electron chi connectivity index (χ3n) is 5.28. The Kier molecular flexibility index (Phi) is 5.87. The lowest BCUT2D eigenvalue weighted by Gasteiger charge is -2.23. The zero-order chi connectivity index (χ0) is 21.8. The molecule has 0 radical (unpaired) electrons. The summed E-state index contributed by atoms with van der Waals surface area (Å²) >= 11 is 0. The number of esters is 1. The van der Waals surface area contributed by atoms with Crippen molar-refractivity contribution in [2.24, 2.45) is 0 Å². The molecule has 0 unspecified atom stereocenters. The Morgan fingerprint density at radius 1 is 1.26 bits per heavy atom. The molecule has 1 aliphatic heterocycles. The van der Waals surface area contributed by atoms with Gasteiger partial charge in [0.25, 0.3) is 0 Å². The number of anilines is 1. The van der Waals surface area contributed by atoms with Crippen LogP contribution in [0.3, 0.4) is 0 Å². The second-order valence-corrected chi connectivity index (χ2v) is 7.35. The number of aromatic nitrogens is 1. The summed E-state index contributed by atoms with van der Waals surface area (Å²) in [5, 5.41) is 3.30. The summed E-state index contributed by atoms with van der Waals surface area (Å²) in [6.45, 7) is 0.501. The molecule has 0 saturated heterocycles. The van der Waals surface area contributed by atoms with Gasteiger partial charge in [-0.05, 0) is 48.8 Å². The van der Waals surface area contributed by atoms with Crippen molar-refractivity contribution in [1.82, 2.24) is 9.88 Å². The Balaban J connectivity index is 1.60. The van der Waals surface area contributed by atoms with Gasteiger partial charge < -0.3 is 19.7 Å². The van der Waals surface area contributed by atoms with Crippen LogP contribution in [0.2, 0.25) is 0 Å². The first-order valence-electron chi connectivity index (χ1n) is 10.0. The molecule has 1 N–H and O–H groups in total. The predicted octanol–water partition coefficient (Wildman–Crippen LogP) is 3.58. The molecule has 0 spiro atoms. The number of hydrogen-bond acceptors (Lipinski definition) is 7. The Labute approximate surface area is 180 Å². The quantitative estimate of drug-likeness (QED) is 0.545. The SMILES string of the molecule is COC(=O)c1cnc(C2=CC(=C=O)N(C3CC3)C=C2)cc1NCc1ccc(OC)cc1. The first-order chi connectivity index (χ1) is 15.1. The molecule has 31 heavy (non-hydrogen) atoms. The van der Waals surface area contributed by atoms with Gasteiger partial charge in [0.05, 0.1) is 25.6 Å². The number of ether oxygens (including phenoxy) is 2. The molecule has 2 heterocycles. The second kappa shape index (κ2) is 8.90. The van der Waals surface area contributed by atoms with E-state index in [0.29, 0.717) is 35.2 Å². The standard InChI is InChI=1S/C24H23N3O4/c1-30-20-7-3-16(4-8-20)13-25-23-12-22(26-14-21(23)24(29)31-2)17-9-10-27(18-5-6-18)19(11-17)15-28/h3-4,7-12,14,18H,5-6,13H2,1-2H3,(H,25,26). The number of allylic oxidation sites excluding steroid dienone is 3. The molecule has 4 rings (SSSR count). The Morgan fingerprint density at radius 3 is 2.68 bits per heavy atom. The van der Waals surface area contributed by atoms with Crippen LogP contribution in [-0.2, 0) is 16.1 Å². The fourth-order valence-electron chi connectivity index (χ4n) is 3.40. The molecule has 0 atom stereocenters. The van der Waals surface area contributed by atoms with E-state index in [2.05, 4.69) is 10.3 Å². The van der Waals surface area contributed by atoms with E-state index in [1.807, 2.05) is 47.4 Å². The van der Waals surface area contributed by atoms with Crippen LogP contribution in [0.25, 0.3) is 5.57 Å². The van der Waals surface area contributed by atoms with E-state index in [9.17, 15) is 9.59 Å². The Hall–Kier alpha value is -3.83. The largest absolute Gasteiger partial charge is 0.497 e. The van der Waals surface area contributed by atoms with Gasteiger partial charge in [0.2, 0.25) is 0 Å². The minimum atomic E-state index is -0.474. The Morgan fingerprint density at radius 2 is 2.03 bits per heavy atom. The predicted molar refractivity (Wildman–Crippen MR) is 117 cm³/mol. The molecule has 7 heteroatoms. The van der Waals surface area contributed by atoms with Crippen molar-refractivity contribution in [2.45, 2.75) is 25.4 Å². The number of pyridine rings is 1. The van der Waals surface area contributed by atoms with E-state index >= 15 is 0 Å². The highest BCUT2D eigenvalue weighted by Crippen LogP contribution is 2.34. The van der Waals surface area contributed by atoms with Gasteiger partial charge in [0.15, 0.2) is 5.94 Å². The van der Waals surface area contributed by atoms with Crippen molar-refractivity contribution in [2.75, 3.05) is 19.5 Å². The number of rotatable bonds is 7. The van der Waals surface area contributed by atoms with Gasteiger partial charge >= 0.3 is 5.97 Å². The number of nitrogens with zero attached hydrogens (tertiary/aromatic N) is 2. The van der Waals surface area contributed by atoms with E-state index in [1.54, 1.807) is 19.3 Å². The molecule has 1 fully saturated rings. The number of methoxy groups -OCH3 is 2. The highest BCUT2D eigenvalue weighted by Gasteiger charge is 2.30. The highest BCUT2D eigenvalue weighted by molar-refractivity contribution is 5.96. The molecule has 2 aromatic rings. The van der Waals surface area contributed by atoms with Crippen molar-refractivity contribution < 1.29 is 19.1 Å². The number of nitrogens with one attached hydrogen (secondary N) is 1. The molecule has 158 valence electrons. The summed E-state index contributed by atoms with van der Waals surface area (Å²) in [6.07, 6.45) is 9.23. The maximum atomic E-state index is 12.2. The molecular weight excluding hydrogens is 394 g/mol. The average molecular weight is 417 g/mol. The summed E-state index contributed by atoms with van der Waals surface area (Å²) in [5.41, 5.74) is 3.88. The lowest BCUT2D eigenvalue weighted by Crippen LogP contribution is -2.20. The zero-order valence-corrected chi connectivity index (χ0v) is 17.4. The summed E-state index contributed by atoms with van der Waals surface area (Å²) < 4.78 is 10.1. The first-order valence-corrected chi connectivity index (χ1v) is 10.0. The zero-order valence-electron chi connectivity index (χ0n) is 17.4. The van der Waals surface area contributed by atoms with Crippen molar-refractivity contribution in [1.29, 1.82) is 0 Å². The van der Waals surface area contributed by atoms with Crippen LogP contribution in [0, 0.1) is 0 Å². The van der Waals surface area contributed by atoms with Crippen LogP contribution >= 0.6 is 0 Å². The summed E-state index contributed by atoms with van der Waals surface area (Å²) in [7, 11) is 2.96. The van der Waals surface area contributed by atoms with Crippen LogP contribution < -0.4 is 10.1 Å². The third kappa shape index (κ3) is 4.52. The molecule has 1 aromatic heterocycles. The van der Waals surface area contributed by atoms with Gasteiger partial charge in [-0.15, -0.1) is 0 Å². The minimum absolute atomic E-state index is 0.339. The normalized spacial score (nSPS) is 15.2. The lowest BCUT2D eigenvalue weighted by molar-refractivity contribution is 0.0601. The van der Waals surface area contributed by atoms with Gasteiger partial charge in [-0.3, -0.25) is 4.98 Å². The fourth-order valence-corrected chi connectivity index (χ4v) is 3.40. The molecule has 0 bridgehead atoms. The van der Waals surface area contributed by atoms with Crippen molar-refractivity contribution in [3.8, 4) is 5.75 Å². The monoisotopic (exact) mass is 417 g/mol. The van der Waals surface area contributed by atoms with E-state index in [-0.39, 0.29) is 0 Å². The van der Waals surface area contributed by atoms with Crippen molar-refractivity contribution >= 4 is 23.2 Å². The molecule has 2 aliphatic rings. The summed E-state index contributed by atoms with van der Waals surface area (Å²) in [6, 6.07) is 9.83. The maximum Gasteiger partial charge on any atom is 0.341 e. The van der Waals surface area contributed by atoms with Crippen LogP contribution in [0.1, 0.15) is 34.5 Å². The van der Waals surface area contributed by atoms with E-state index in [4.69, 9.17) is 9.47 Å². The second-order valence-electron chi connectivity index (χ2n) is 7.35. The van der Waals surface area contributed by atoms with E-state index < -0.39 is 5.97 Å². The molecular formula is C24H23N3O4. The smallest absolute Gasteiger partial charge is 0.341 e. The average Bonchev–Trinajstić information content (AvgIpc) is 3.67. The fraction of sp³-hybridized carbons (Fsp3) is 0.250. The van der Waals surface area contributed by atoms with Crippen LogP contribution in [0.15, 0.2) is 60.6 Å². The van der Waals surface area contributed by atoms with Crippen LogP contribution in [-0.4, -0.2) is 42.1 Å². The third-order valence-corrected chi connectivity index (χ3v) is 5.28. The van der Waals surface area contributed by atoms with E-state index in [1.165, 1.54) is 13.3 Å². The lowest BCUT2D eigenvalue weighted by atomic mass is 10.1.